The molecule has 3 aliphatic heterocycles. The van der Waals surface area contributed by atoms with Crippen molar-refractivity contribution in [1.29, 1.82) is 0 Å². The van der Waals surface area contributed by atoms with Gasteiger partial charge < -0.3 is 9.80 Å². The van der Waals surface area contributed by atoms with Crippen molar-refractivity contribution in [3.05, 3.63) is 35.9 Å². The van der Waals surface area contributed by atoms with Crippen molar-refractivity contribution in [3.63, 3.8) is 0 Å². The Morgan fingerprint density at radius 3 is 2.38 bits per heavy atom. The van der Waals surface area contributed by atoms with Gasteiger partial charge in [0.15, 0.2) is 0 Å². The van der Waals surface area contributed by atoms with Gasteiger partial charge in [0.05, 0.1) is 5.92 Å². The Morgan fingerprint density at radius 1 is 0.931 bits per heavy atom. The van der Waals surface area contributed by atoms with Gasteiger partial charge in [0.25, 0.3) is 0 Å². The van der Waals surface area contributed by atoms with Crippen molar-refractivity contribution >= 4 is 5.91 Å². The van der Waals surface area contributed by atoms with E-state index >= 15 is 0 Å². The lowest BCUT2D eigenvalue weighted by molar-refractivity contribution is -0.139. The number of amides is 1. The zero-order chi connectivity index (χ0) is 20.1. The van der Waals surface area contributed by atoms with Crippen LogP contribution in [0, 0.1) is 11.8 Å². The first-order valence-electron chi connectivity index (χ1n) is 12.0. The van der Waals surface area contributed by atoms with E-state index in [1.54, 1.807) is 0 Å². The molecule has 3 fully saturated rings. The minimum absolute atomic E-state index is 0.244. The predicted molar refractivity (Wildman–Crippen MR) is 119 cm³/mol. The summed E-state index contributed by atoms with van der Waals surface area (Å²) < 4.78 is 0. The Labute approximate surface area is 177 Å². The summed E-state index contributed by atoms with van der Waals surface area (Å²) >= 11 is 0. The van der Waals surface area contributed by atoms with Crippen molar-refractivity contribution in [2.75, 3.05) is 45.8 Å². The molecule has 29 heavy (non-hydrogen) atoms. The number of piperidine rings is 3. The van der Waals surface area contributed by atoms with Gasteiger partial charge in [-0.3, -0.25) is 9.69 Å². The lowest BCUT2D eigenvalue weighted by Gasteiger charge is -2.43. The second-order valence-corrected chi connectivity index (χ2v) is 9.65. The average Bonchev–Trinajstić information content (AvgIpc) is 2.79. The smallest absolute Gasteiger partial charge is 0.226 e. The Bertz CT molecular complexity index is 633. The van der Waals surface area contributed by atoms with Gasteiger partial charge >= 0.3 is 0 Å². The zero-order valence-corrected chi connectivity index (χ0v) is 18.3. The molecule has 1 aromatic carbocycles. The molecule has 0 aromatic heterocycles. The van der Waals surface area contributed by atoms with Crippen molar-refractivity contribution in [1.82, 2.24) is 14.7 Å². The fraction of sp³-hybridized carbons (Fsp3) is 0.720. The molecule has 0 N–H and O–H groups in total. The molecule has 0 spiro atoms. The van der Waals surface area contributed by atoms with Gasteiger partial charge in [0, 0.05) is 32.2 Å². The Balaban J connectivity index is 1.22. The Kier molecular flexibility index (Phi) is 7.25. The molecule has 0 bridgehead atoms. The van der Waals surface area contributed by atoms with E-state index in [4.69, 9.17) is 0 Å². The van der Waals surface area contributed by atoms with E-state index in [-0.39, 0.29) is 5.92 Å². The largest absolute Gasteiger partial charge is 0.342 e. The first-order valence-corrected chi connectivity index (χ1v) is 12.0. The molecule has 0 unspecified atom stereocenters. The van der Waals surface area contributed by atoms with Crippen molar-refractivity contribution in [2.45, 2.75) is 57.9 Å². The third kappa shape index (κ3) is 5.61. The summed E-state index contributed by atoms with van der Waals surface area (Å²) in [5, 5.41) is 0. The van der Waals surface area contributed by atoms with E-state index in [2.05, 4.69) is 52.0 Å². The quantitative estimate of drug-likeness (QED) is 0.759. The van der Waals surface area contributed by atoms with Crippen LogP contribution in [0.1, 0.15) is 51.0 Å². The number of nitrogens with zero attached hydrogens (tertiary/aromatic N) is 3. The van der Waals surface area contributed by atoms with E-state index in [1.165, 1.54) is 63.8 Å². The molecular formula is C25H39N3O. The molecule has 160 valence electrons. The highest BCUT2D eigenvalue weighted by Gasteiger charge is 2.34. The number of rotatable bonds is 5. The molecular weight excluding hydrogens is 358 g/mol. The first kappa shape index (κ1) is 20.9. The third-order valence-corrected chi connectivity index (χ3v) is 7.53. The molecule has 1 aromatic rings. The van der Waals surface area contributed by atoms with E-state index < -0.39 is 0 Å². The highest BCUT2D eigenvalue weighted by Crippen LogP contribution is 2.27. The van der Waals surface area contributed by atoms with Crippen LogP contribution in [0.25, 0.3) is 0 Å². The van der Waals surface area contributed by atoms with Crippen LogP contribution in [0.5, 0.6) is 0 Å². The van der Waals surface area contributed by atoms with Gasteiger partial charge in [0.2, 0.25) is 5.91 Å². The lowest BCUT2D eigenvalue weighted by atomic mass is 9.91. The second kappa shape index (κ2) is 10.1. The molecule has 1 atom stereocenters. The van der Waals surface area contributed by atoms with Crippen molar-refractivity contribution < 1.29 is 4.79 Å². The maximum Gasteiger partial charge on any atom is 0.226 e. The third-order valence-electron chi connectivity index (χ3n) is 7.53. The van der Waals surface area contributed by atoms with Crippen LogP contribution >= 0.6 is 0 Å². The molecule has 0 radical (unpaired) electrons. The standard InChI is InChI=1S/C25H39N3O/c1-21-9-18-27(19-10-21)25(29)23-8-5-14-28(20-23)24-12-16-26(17-13-24)15-11-22-6-3-2-4-7-22/h2-4,6-7,21,23-24H,5,8-20H2,1H3/t23-/m0/s1. The van der Waals surface area contributed by atoms with Gasteiger partial charge in [-0.2, -0.15) is 0 Å². The highest BCUT2D eigenvalue weighted by atomic mass is 16.2. The van der Waals surface area contributed by atoms with Crippen LogP contribution in [0.15, 0.2) is 30.3 Å². The summed E-state index contributed by atoms with van der Waals surface area (Å²) in [6, 6.07) is 11.5. The fourth-order valence-corrected chi connectivity index (χ4v) is 5.47. The number of likely N-dealkylation sites (tertiary alicyclic amines) is 3. The SMILES string of the molecule is CC1CCN(C(=O)[C@H]2CCCN(C3CCN(CCc4ccccc4)CC3)C2)CC1. The summed E-state index contributed by atoms with van der Waals surface area (Å²) in [6.07, 6.45) is 8.33. The Morgan fingerprint density at radius 2 is 1.66 bits per heavy atom. The topological polar surface area (TPSA) is 26.8 Å². The minimum Gasteiger partial charge on any atom is -0.342 e. The molecule has 1 amide bonds. The summed E-state index contributed by atoms with van der Waals surface area (Å²) in [5.41, 5.74) is 1.44. The van der Waals surface area contributed by atoms with E-state index in [0.717, 1.165) is 38.4 Å². The minimum atomic E-state index is 0.244. The average molecular weight is 398 g/mol. The lowest BCUT2D eigenvalue weighted by Crippen LogP contribution is -2.52. The number of benzene rings is 1. The van der Waals surface area contributed by atoms with Crippen LogP contribution in [-0.4, -0.2) is 72.5 Å². The van der Waals surface area contributed by atoms with Crippen molar-refractivity contribution in [3.8, 4) is 0 Å². The molecule has 4 heteroatoms. The summed E-state index contributed by atoms with van der Waals surface area (Å²) in [7, 11) is 0. The highest BCUT2D eigenvalue weighted by molar-refractivity contribution is 5.79. The predicted octanol–water partition coefficient (Wildman–Crippen LogP) is 3.66. The summed E-state index contributed by atoms with van der Waals surface area (Å²) in [6.45, 7) is 10.1. The van der Waals surface area contributed by atoms with Gasteiger partial charge in [-0.15, -0.1) is 0 Å². The van der Waals surface area contributed by atoms with Crippen LogP contribution in [0.3, 0.4) is 0 Å². The maximum absolute atomic E-state index is 13.1. The molecule has 3 saturated heterocycles. The van der Waals surface area contributed by atoms with Gasteiger partial charge in [0.1, 0.15) is 0 Å². The molecule has 4 rings (SSSR count). The van der Waals surface area contributed by atoms with E-state index in [1.807, 2.05) is 0 Å². The van der Waals surface area contributed by atoms with Crippen LogP contribution < -0.4 is 0 Å². The maximum atomic E-state index is 13.1. The number of hydrogen-bond acceptors (Lipinski definition) is 3. The molecule has 0 aliphatic carbocycles. The number of carbonyl (C=O) groups excluding carboxylic acids is 1. The van der Waals surface area contributed by atoms with E-state index in [9.17, 15) is 4.79 Å². The molecule has 4 nitrogen and oxygen atoms in total. The van der Waals surface area contributed by atoms with Crippen LogP contribution in [0.2, 0.25) is 0 Å². The summed E-state index contributed by atoms with van der Waals surface area (Å²) in [4.78, 5) is 20.5. The normalized spacial score (nSPS) is 26.0. The summed E-state index contributed by atoms with van der Waals surface area (Å²) in [5.74, 6) is 1.48. The molecule has 0 saturated carbocycles. The monoisotopic (exact) mass is 397 g/mol. The van der Waals surface area contributed by atoms with Gasteiger partial charge in [-0.25, -0.2) is 0 Å². The zero-order valence-electron chi connectivity index (χ0n) is 18.3. The fourth-order valence-electron chi connectivity index (χ4n) is 5.47. The Hall–Kier alpha value is -1.39. The van der Waals surface area contributed by atoms with Gasteiger partial charge in [-0.05, 0) is 76.1 Å². The van der Waals surface area contributed by atoms with Crippen LogP contribution in [0.4, 0.5) is 0 Å². The second-order valence-electron chi connectivity index (χ2n) is 9.65. The molecule has 3 heterocycles. The van der Waals surface area contributed by atoms with Crippen molar-refractivity contribution in [2.24, 2.45) is 11.8 Å². The van der Waals surface area contributed by atoms with E-state index in [0.29, 0.717) is 11.9 Å². The molecule has 3 aliphatic rings. The van der Waals surface area contributed by atoms with Gasteiger partial charge in [-0.1, -0.05) is 37.3 Å². The number of hydrogen-bond donors (Lipinski definition) is 0. The first-order chi connectivity index (χ1) is 14.2. The van der Waals surface area contributed by atoms with Crippen LogP contribution in [-0.2, 0) is 11.2 Å². The number of carbonyl (C=O) groups is 1.